The Morgan fingerprint density at radius 1 is 1.24 bits per heavy atom. The van der Waals surface area contributed by atoms with Crippen LogP contribution >= 0.6 is 0 Å². The molecule has 3 heterocycles. The van der Waals surface area contributed by atoms with Crippen LogP contribution in [0.2, 0.25) is 0 Å². The first kappa shape index (κ1) is 19.1. The van der Waals surface area contributed by atoms with Crippen LogP contribution in [0.5, 0.6) is 0 Å². The van der Waals surface area contributed by atoms with E-state index in [4.69, 9.17) is 4.98 Å². The third-order valence-corrected chi connectivity index (χ3v) is 5.07. The van der Waals surface area contributed by atoms with Crippen LogP contribution in [0.25, 0.3) is 5.65 Å². The molecular weight excluding hydrogens is 364 g/mol. The van der Waals surface area contributed by atoms with Crippen LogP contribution in [0.4, 0.5) is 17.6 Å². The summed E-state index contributed by atoms with van der Waals surface area (Å²) in [6.45, 7) is 6.92. The van der Waals surface area contributed by atoms with E-state index in [1.165, 1.54) is 0 Å². The van der Waals surface area contributed by atoms with Gasteiger partial charge in [-0.2, -0.15) is 19.6 Å². The highest BCUT2D eigenvalue weighted by Gasteiger charge is 2.15. The summed E-state index contributed by atoms with van der Waals surface area (Å²) in [6.07, 6.45) is 6.47. The van der Waals surface area contributed by atoms with Crippen molar-refractivity contribution in [2.24, 2.45) is 0 Å². The molecule has 3 aromatic rings. The molecule has 2 N–H and O–H groups in total. The van der Waals surface area contributed by atoms with Gasteiger partial charge in [0, 0.05) is 30.6 Å². The summed E-state index contributed by atoms with van der Waals surface area (Å²) in [5.74, 6) is 1.35. The number of allylic oxidation sites excluding steroid dienone is 1. The monoisotopic (exact) mass is 390 g/mol. The number of hydrogen-bond donors (Lipinski definition) is 2. The zero-order valence-corrected chi connectivity index (χ0v) is 16.7. The van der Waals surface area contributed by atoms with Gasteiger partial charge in [-0.1, -0.05) is 25.6 Å². The molecule has 0 aliphatic carbocycles. The van der Waals surface area contributed by atoms with Gasteiger partial charge >= 0.3 is 0 Å². The van der Waals surface area contributed by atoms with E-state index in [0.717, 1.165) is 54.7 Å². The third-order valence-electron chi connectivity index (χ3n) is 5.07. The van der Waals surface area contributed by atoms with Crippen LogP contribution in [0, 0.1) is 0 Å². The average Bonchev–Trinajstić information content (AvgIpc) is 3.12. The standard InChI is InChI=1S/C22H26N6O/c1-3-11-23-22-27-21-25-18-9-6-7-16(13-18)12-15(2)19(29)10-5-4-8-17-14-24-28(22)20(17)26-21/h6-7,9,13-14H,2-5,8,10-12H2,1H3,(H2,23,25,26,27). The Morgan fingerprint density at radius 2 is 2.10 bits per heavy atom. The van der Waals surface area contributed by atoms with Gasteiger partial charge in [-0.25, -0.2) is 0 Å². The topological polar surface area (TPSA) is 84.2 Å². The molecule has 0 saturated heterocycles. The number of nitrogens with one attached hydrogen (secondary N) is 2. The second-order valence-corrected chi connectivity index (χ2v) is 7.44. The predicted octanol–water partition coefficient (Wildman–Crippen LogP) is 4.08. The molecule has 4 bridgehead atoms. The van der Waals surface area contributed by atoms with Gasteiger partial charge in [-0.15, -0.1) is 0 Å². The van der Waals surface area contributed by atoms with E-state index in [-0.39, 0.29) is 5.78 Å². The zero-order valence-electron chi connectivity index (χ0n) is 16.7. The minimum absolute atomic E-state index is 0.143. The number of aryl methyl sites for hydroxylation is 1. The van der Waals surface area contributed by atoms with Gasteiger partial charge in [0.1, 0.15) is 0 Å². The average molecular weight is 390 g/mol. The van der Waals surface area contributed by atoms with Gasteiger partial charge in [0.25, 0.3) is 0 Å². The molecule has 0 spiro atoms. The number of ketones is 1. The lowest BCUT2D eigenvalue weighted by atomic mass is 9.99. The summed E-state index contributed by atoms with van der Waals surface area (Å²) in [5, 5.41) is 11.1. The number of nitrogens with zero attached hydrogens (tertiary/aromatic N) is 4. The predicted molar refractivity (Wildman–Crippen MR) is 115 cm³/mol. The molecule has 0 fully saturated rings. The van der Waals surface area contributed by atoms with Crippen LogP contribution in [-0.4, -0.2) is 31.9 Å². The molecule has 7 nitrogen and oxygen atoms in total. The molecular formula is C22H26N6O. The van der Waals surface area contributed by atoms with E-state index in [2.05, 4.69) is 34.2 Å². The third kappa shape index (κ3) is 4.29. The summed E-state index contributed by atoms with van der Waals surface area (Å²) >= 11 is 0. The summed E-state index contributed by atoms with van der Waals surface area (Å²) in [4.78, 5) is 21.8. The molecule has 1 aliphatic rings. The second-order valence-electron chi connectivity index (χ2n) is 7.44. The van der Waals surface area contributed by atoms with Gasteiger partial charge in [-0.3, -0.25) is 4.79 Å². The smallest absolute Gasteiger partial charge is 0.232 e. The number of carbonyl (C=O) groups is 1. The van der Waals surface area contributed by atoms with Gasteiger partial charge in [-0.05, 0) is 49.0 Å². The second kappa shape index (κ2) is 8.43. The Hall–Kier alpha value is -3.22. The van der Waals surface area contributed by atoms with Crippen molar-refractivity contribution in [1.82, 2.24) is 19.6 Å². The molecule has 0 saturated carbocycles. The molecule has 2 aromatic heterocycles. The number of rotatable bonds is 3. The van der Waals surface area contributed by atoms with Gasteiger partial charge in [0.15, 0.2) is 11.4 Å². The number of Topliss-reactive ketones (excluding diaryl/α,β-unsaturated/α-hetero) is 1. The van der Waals surface area contributed by atoms with Crippen LogP contribution in [0.3, 0.4) is 0 Å². The molecule has 0 atom stereocenters. The summed E-state index contributed by atoms with van der Waals surface area (Å²) in [6, 6.07) is 7.96. The molecule has 7 heteroatoms. The first-order chi connectivity index (χ1) is 14.1. The van der Waals surface area contributed by atoms with Gasteiger partial charge in [0.05, 0.1) is 6.20 Å². The van der Waals surface area contributed by atoms with E-state index < -0.39 is 0 Å². The Morgan fingerprint density at radius 3 is 2.97 bits per heavy atom. The molecule has 0 unspecified atom stereocenters. The fourth-order valence-corrected chi connectivity index (χ4v) is 3.52. The first-order valence-corrected chi connectivity index (χ1v) is 10.2. The number of fused-ring (bicyclic) bond motifs is 3. The number of aromatic nitrogens is 4. The van der Waals surface area contributed by atoms with Gasteiger partial charge < -0.3 is 10.6 Å². The van der Waals surface area contributed by atoms with Gasteiger partial charge in [0.2, 0.25) is 11.9 Å². The number of hydrogen-bond acceptors (Lipinski definition) is 6. The summed E-state index contributed by atoms with van der Waals surface area (Å²) in [5.41, 5.74) is 4.43. The lowest BCUT2D eigenvalue weighted by Gasteiger charge is -2.11. The molecule has 0 amide bonds. The van der Waals surface area contributed by atoms with E-state index >= 15 is 0 Å². The number of carbonyl (C=O) groups excluding carboxylic acids is 1. The maximum absolute atomic E-state index is 12.4. The fourth-order valence-electron chi connectivity index (χ4n) is 3.52. The summed E-state index contributed by atoms with van der Waals surface area (Å²) in [7, 11) is 0. The first-order valence-electron chi connectivity index (χ1n) is 10.2. The minimum Gasteiger partial charge on any atom is -0.354 e. The van der Waals surface area contributed by atoms with Crippen LogP contribution in [0.1, 0.15) is 43.7 Å². The SMILES string of the molecule is C=C1Cc2cccc(c2)Nc2nc(NCCC)n3ncc(c3n2)CCCCC1=O. The van der Waals surface area contributed by atoms with E-state index in [9.17, 15) is 4.79 Å². The lowest BCUT2D eigenvalue weighted by molar-refractivity contribution is -0.115. The maximum Gasteiger partial charge on any atom is 0.232 e. The van der Waals surface area contributed by atoms with Crippen molar-refractivity contribution in [1.29, 1.82) is 0 Å². The highest BCUT2D eigenvalue weighted by Crippen LogP contribution is 2.22. The van der Waals surface area contributed by atoms with Crippen LogP contribution in [-0.2, 0) is 17.6 Å². The highest BCUT2D eigenvalue weighted by molar-refractivity contribution is 5.95. The number of anilines is 3. The van der Waals surface area contributed by atoms with E-state index in [1.54, 1.807) is 4.52 Å². The fraction of sp³-hybridized carbons (Fsp3) is 0.364. The van der Waals surface area contributed by atoms with E-state index in [0.29, 0.717) is 30.3 Å². The molecule has 150 valence electrons. The van der Waals surface area contributed by atoms with Crippen LogP contribution < -0.4 is 10.6 Å². The van der Waals surface area contributed by atoms with Crippen molar-refractivity contribution in [3.63, 3.8) is 0 Å². The quantitative estimate of drug-likeness (QED) is 0.656. The minimum atomic E-state index is 0.143. The molecule has 0 radical (unpaired) electrons. The number of benzene rings is 1. The van der Waals surface area contributed by atoms with Crippen molar-refractivity contribution >= 4 is 29.0 Å². The maximum atomic E-state index is 12.4. The van der Waals surface area contributed by atoms with Crippen molar-refractivity contribution in [2.75, 3.05) is 17.2 Å². The van der Waals surface area contributed by atoms with Crippen molar-refractivity contribution in [2.45, 2.75) is 45.4 Å². The van der Waals surface area contributed by atoms with Crippen molar-refractivity contribution in [3.05, 3.63) is 53.7 Å². The molecule has 4 rings (SSSR count). The van der Waals surface area contributed by atoms with Crippen molar-refractivity contribution in [3.8, 4) is 0 Å². The molecule has 29 heavy (non-hydrogen) atoms. The van der Waals surface area contributed by atoms with E-state index in [1.807, 2.05) is 30.5 Å². The summed E-state index contributed by atoms with van der Waals surface area (Å²) < 4.78 is 1.76. The largest absolute Gasteiger partial charge is 0.354 e. The Bertz CT molecular complexity index is 1050. The van der Waals surface area contributed by atoms with Crippen LogP contribution in [0.15, 0.2) is 42.6 Å². The Labute approximate surface area is 170 Å². The zero-order chi connectivity index (χ0) is 20.2. The Balaban J connectivity index is 1.76. The van der Waals surface area contributed by atoms with Crippen molar-refractivity contribution < 1.29 is 4.79 Å². The molecule has 1 aliphatic heterocycles. The Kier molecular flexibility index (Phi) is 5.55. The lowest BCUT2D eigenvalue weighted by Crippen LogP contribution is -2.11. The highest BCUT2D eigenvalue weighted by atomic mass is 16.1. The normalized spacial score (nSPS) is 15.1. The molecule has 1 aromatic carbocycles.